The molecular formula is C20H23N3O3S. The number of benzene rings is 2. The summed E-state index contributed by atoms with van der Waals surface area (Å²) in [5, 5.41) is 15.9. The minimum Gasteiger partial charge on any atom is -0.381 e. The van der Waals surface area contributed by atoms with Crippen LogP contribution in [-0.2, 0) is 0 Å². The lowest BCUT2D eigenvalue weighted by Crippen LogP contribution is -2.34. The molecule has 0 amide bonds. The van der Waals surface area contributed by atoms with E-state index in [2.05, 4.69) is 31.0 Å². The largest absolute Gasteiger partial charge is 0.381 e. The molecule has 0 saturated heterocycles. The predicted molar refractivity (Wildman–Crippen MR) is 113 cm³/mol. The van der Waals surface area contributed by atoms with Gasteiger partial charge in [-0.15, -0.1) is 11.3 Å². The molecule has 142 valence electrons. The van der Waals surface area contributed by atoms with Crippen LogP contribution in [0, 0.1) is 10.1 Å². The summed E-state index contributed by atoms with van der Waals surface area (Å²) in [6.45, 7) is 9.01. The highest BCUT2D eigenvalue weighted by molar-refractivity contribution is 7.25. The van der Waals surface area contributed by atoms with Gasteiger partial charge in [-0.2, -0.15) is 0 Å². The molecule has 1 atom stereocenters. The van der Waals surface area contributed by atoms with Gasteiger partial charge in [0.05, 0.1) is 10.3 Å². The lowest BCUT2D eigenvalue weighted by atomic mass is 10.1. The molecule has 0 radical (unpaired) electrons. The van der Waals surface area contributed by atoms with Gasteiger partial charge in [0.25, 0.3) is 5.69 Å². The van der Waals surface area contributed by atoms with Gasteiger partial charge in [0, 0.05) is 34.4 Å². The summed E-state index contributed by atoms with van der Waals surface area (Å²) in [5.41, 5.74) is 0.461. The molecule has 1 N–H and O–H groups in total. The first-order chi connectivity index (χ1) is 13.0. The van der Waals surface area contributed by atoms with Gasteiger partial charge >= 0.3 is 0 Å². The van der Waals surface area contributed by atoms with Crippen LogP contribution in [0.25, 0.3) is 20.2 Å². The molecular weight excluding hydrogens is 362 g/mol. The van der Waals surface area contributed by atoms with Crippen molar-refractivity contribution in [1.82, 2.24) is 4.90 Å². The van der Waals surface area contributed by atoms with Crippen molar-refractivity contribution in [3.63, 3.8) is 0 Å². The first-order valence-corrected chi connectivity index (χ1v) is 9.89. The molecule has 3 rings (SSSR count). The van der Waals surface area contributed by atoms with Gasteiger partial charge in [-0.25, -0.2) is 0 Å². The fraction of sp³-hybridized carbons (Fsp3) is 0.350. The van der Waals surface area contributed by atoms with Crippen molar-refractivity contribution in [2.24, 2.45) is 0 Å². The summed E-state index contributed by atoms with van der Waals surface area (Å²) in [6, 6.07) is 10.5. The lowest BCUT2D eigenvalue weighted by molar-refractivity contribution is -0.382. The van der Waals surface area contributed by atoms with Crippen molar-refractivity contribution in [2.75, 3.05) is 25.0 Å². The molecule has 0 aliphatic heterocycles. The molecule has 1 aromatic heterocycles. The molecule has 0 spiro atoms. The van der Waals surface area contributed by atoms with Crippen molar-refractivity contribution < 1.29 is 4.92 Å². The first-order valence-electron chi connectivity index (χ1n) is 9.08. The van der Waals surface area contributed by atoms with E-state index in [-0.39, 0.29) is 17.2 Å². The van der Waals surface area contributed by atoms with Gasteiger partial charge in [-0.3, -0.25) is 14.9 Å². The van der Waals surface area contributed by atoms with Crippen molar-refractivity contribution >= 4 is 42.9 Å². The van der Waals surface area contributed by atoms with Crippen LogP contribution in [0.15, 0.2) is 41.2 Å². The quantitative estimate of drug-likeness (QED) is 0.369. The summed E-state index contributed by atoms with van der Waals surface area (Å²) in [7, 11) is 0. The monoisotopic (exact) mass is 385 g/mol. The van der Waals surface area contributed by atoms with Gasteiger partial charge in [0.1, 0.15) is 4.70 Å². The average molecular weight is 385 g/mol. The number of anilines is 1. The van der Waals surface area contributed by atoms with Crippen LogP contribution in [0.1, 0.15) is 20.8 Å². The van der Waals surface area contributed by atoms with Crippen molar-refractivity contribution in [3.8, 4) is 0 Å². The lowest BCUT2D eigenvalue weighted by Gasteiger charge is -2.24. The highest BCUT2D eigenvalue weighted by Crippen LogP contribution is 2.35. The molecule has 0 saturated carbocycles. The van der Waals surface area contributed by atoms with Crippen LogP contribution in [0.3, 0.4) is 0 Å². The summed E-state index contributed by atoms with van der Waals surface area (Å²) in [5.74, 6) is 0. The maximum absolute atomic E-state index is 13.1. The number of rotatable bonds is 7. The molecule has 1 heterocycles. The van der Waals surface area contributed by atoms with E-state index in [0.29, 0.717) is 21.2 Å². The molecule has 6 nitrogen and oxygen atoms in total. The summed E-state index contributed by atoms with van der Waals surface area (Å²) in [4.78, 5) is 26.5. The molecule has 3 aromatic rings. The van der Waals surface area contributed by atoms with Crippen molar-refractivity contribution in [3.05, 3.63) is 56.7 Å². The Morgan fingerprint density at radius 1 is 1.19 bits per heavy atom. The van der Waals surface area contributed by atoms with Crippen LogP contribution in [0.4, 0.5) is 11.4 Å². The molecule has 0 aliphatic rings. The van der Waals surface area contributed by atoms with Crippen molar-refractivity contribution in [2.45, 2.75) is 26.8 Å². The third kappa shape index (κ3) is 3.79. The van der Waals surface area contributed by atoms with Crippen LogP contribution in [-0.4, -0.2) is 35.5 Å². The van der Waals surface area contributed by atoms with E-state index in [0.717, 1.165) is 24.3 Å². The normalized spacial score (nSPS) is 12.6. The van der Waals surface area contributed by atoms with Crippen LogP contribution in [0.2, 0.25) is 0 Å². The number of nitrogens with zero attached hydrogens (tertiary/aromatic N) is 2. The van der Waals surface area contributed by atoms with Gasteiger partial charge in [0.15, 0.2) is 5.43 Å². The minimum absolute atomic E-state index is 0.0280. The topological polar surface area (TPSA) is 75.5 Å². The Morgan fingerprint density at radius 3 is 2.56 bits per heavy atom. The molecule has 0 fully saturated rings. The number of fused-ring (bicyclic) bond motifs is 2. The number of hydrogen-bond acceptors (Lipinski definition) is 6. The van der Waals surface area contributed by atoms with E-state index < -0.39 is 4.92 Å². The Bertz CT molecular complexity index is 1040. The van der Waals surface area contributed by atoms with E-state index in [1.165, 1.54) is 17.4 Å². The molecule has 1 unspecified atom stereocenters. The van der Waals surface area contributed by atoms with E-state index in [1.807, 2.05) is 18.2 Å². The Labute approximate surface area is 161 Å². The second-order valence-electron chi connectivity index (χ2n) is 6.55. The number of non-ortho nitro benzene ring substituents is 1. The average Bonchev–Trinajstić information content (AvgIpc) is 2.66. The van der Waals surface area contributed by atoms with Gasteiger partial charge < -0.3 is 10.2 Å². The molecule has 27 heavy (non-hydrogen) atoms. The summed E-state index contributed by atoms with van der Waals surface area (Å²) in [6.07, 6.45) is 0. The number of nitro benzene ring substituents is 1. The number of nitro groups is 1. The predicted octanol–water partition coefficient (Wildman–Crippen LogP) is 4.47. The zero-order valence-corrected chi connectivity index (χ0v) is 16.5. The number of hydrogen-bond donors (Lipinski definition) is 1. The molecule has 0 aliphatic carbocycles. The standard InChI is InChI=1S/C20H23N3O3S/c1-4-22(5-2)12-13(3)21-15-10-11-16(23(25)26)20-18(15)19(24)14-8-6-7-9-17(14)27-20/h6-11,13,21H,4-5,12H2,1-3H3. The fourth-order valence-electron chi connectivity index (χ4n) is 3.33. The zero-order chi connectivity index (χ0) is 19.6. The molecule has 2 aromatic carbocycles. The van der Waals surface area contributed by atoms with Crippen molar-refractivity contribution in [1.29, 1.82) is 0 Å². The second kappa shape index (κ2) is 8.02. The van der Waals surface area contributed by atoms with E-state index in [9.17, 15) is 14.9 Å². The van der Waals surface area contributed by atoms with E-state index in [4.69, 9.17) is 0 Å². The Kier molecular flexibility index (Phi) is 5.72. The Hall–Kier alpha value is -2.51. The maximum atomic E-state index is 13.1. The van der Waals surface area contributed by atoms with Gasteiger partial charge in [-0.1, -0.05) is 26.0 Å². The summed E-state index contributed by atoms with van der Waals surface area (Å²) < 4.78 is 1.18. The van der Waals surface area contributed by atoms with Gasteiger partial charge in [0.2, 0.25) is 0 Å². The van der Waals surface area contributed by atoms with Gasteiger partial charge in [-0.05, 0) is 38.2 Å². The number of nitrogens with one attached hydrogen (secondary N) is 1. The van der Waals surface area contributed by atoms with E-state index >= 15 is 0 Å². The minimum atomic E-state index is -0.420. The SMILES string of the molecule is CCN(CC)CC(C)Nc1ccc([N+](=O)[O-])c2sc3ccccc3c(=O)c12. The molecule has 7 heteroatoms. The highest BCUT2D eigenvalue weighted by Gasteiger charge is 2.20. The summed E-state index contributed by atoms with van der Waals surface area (Å²) >= 11 is 1.29. The van der Waals surface area contributed by atoms with Crippen LogP contribution in [0.5, 0.6) is 0 Å². The Morgan fingerprint density at radius 2 is 1.89 bits per heavy atom. The smallest absolute Gasteiger partial charge is 0.287 e. The third-order valence-corrected chi connectivity index (χ3v) is 5.93. The van der Waals surface area contributed by atoms with Crippen LogP contribution < -0.4 is 10.7 Å². The first kappa shape index (κ1) is 19.3. The van der Waals surface area contributed by atoms with Crippen LogP contribution >= 0.6 is 11.3 Å². The highest BCUT2D eigenvalue weighted by atomic mass is 32.1. The zero-order valence-electron chi connectivity index (χ0n) is 15.7. The Balaban J connectivity index is 2.16. The molecule has 0 bridgehead atoms. The second-order valence-corrected chi connectivity index (χ2v) is 7.60. The fourth-order valence-corrected chi connectivity index (χ4v) is 4.52. The maximum Gasteiger partial charge on any atom is 0.287 e. The number of likely N-dealkylation sites (N-methyl/N-ethyl adjacent to an activating group) is 1. The van der Waals surface area contributed by atoms with E-state index in [1.54, 1.807) is 12.1 Å². The third-order valence-electron chi connectivity index (χ3n) is 4.73.